The molecule has 2 N–H and O–H groups in total. The van der Waals surface area contributed by atoms with Gasteiger partial charge in [0, 0.05) is 28.8 Å². The van der Waals surface area contributed by atoms with Gasteiger partial charge in [-0.1, -0.05) is 11.6 Å². The summed E-state index contributed by atoms with van der Waals surface area (Å²) in [5.41, 5.74) is 7.44. The molecule has 1 fully saturated rings. The molecule has 1 atom stereocenters. The zero-order chi connectivity index (χ0) is 11.8. The van der Waals surface area contributed by atoms with Crippen molar-refractivity contribution in [3.63, 3.8) is 0 Å². The predicted octanol–water partition coefficient (Wildman–Crippen LogP) is 3.05. The van der Waals surface area contributed by atoms with Gasteiger partial charge in [0.05, 0.1) is 0 Å². The Balaban J connectivity index is 2.26. The van der Waals surface area contributed by atoms with Gasteiger partial charge >= 0.3 is 0 Å². The van der Waals surface area contributed by atoms with Crippen molar-refractivity contribution in [2.24, 2.45) is 5.73 Å². The topological polar surface area (TPSA) is 29.3 Å². The fraction of sp³-hybridized carbons (Fsp3) is 0.538. The lowest BCUT2D eigenvalue weighted by atomic mass is 9.88. The number of benzene rings is 1. The molecule has 1 saturated heterocycles. The Bertz CT molecular complexity index is 359. The molecule has 88 valence electrons. The normalized spacial score (nSPS) is 24.5. The molecule has 0 radical (unpaired) electrons. The number of piperidine rings is 1. The lowest BCUT2D eigenvalue weighted by Crippen LogP contribution is -2.54. The second kappa shape index (κ2) is 4.27. The van der Waals surface area contributed by atoms with Crippen molar-refractivity contribution < 1.29 is 0 Å². The van der Waals surface area contributed by atoms with Gasteiger partial charge in [0.2, 0.25) is 0 Å². The molecule has 1 aromatic carbocycles. The van der Waals surface area contributed by atoms with E-state index >= 15 is 0 Å². The van der Waals surface area contributed by atoms with Crippen molar-refractivity contribution >= 4 is 17.3 Å². The van der Waals surface area contributed by atoms with Crippen LogP contribution in [0.5, 0.6) is 0 Å². The highest BCUT2D eigenvalue weighted by Crippen LogP contribution is 2.32. The van der Waals surface area contributed by atoms with Gasteiger partial charge in [-0.3, -0.25) is 0 Å². The van der Waals surface area contributed by atoms with Crippen LogP contribution in [0.25, 0.3) is 0 Å². The summed E-state index contributed by atoms with van der Waals surface area (Å²) in [6, 6.07) is 8.30. The molecular formula is C13H19ClN2. The highest BCUT2D eigenvalue weighted by atomic mass is 35.5. The van der Waals surface area contributed by atoms with E-state index in [4.69, 9.17) is 17.3 Å². The molecule has 0 amide bonds. The van der Waals surface area contributed by atoms with Crippen LogP contribution in [0.3, 0.4) is 0 Å². The number of halogens is 1. The SMILES string of the molecule is CC1(C)CCC(N)CN1c1ccc(Cl)cc1. The molecule has 0 bridgehead atoms. The molecule has 1 aliphatic heterocycles. The van der Waals surface area contributed by atoms with Crippen molar-refractivity contribution in [3.8, 4) is 0 Å². The molecule has 1 aliphatic rings. The lowest BCUT2D eigenvalue weighted by molar-refractivity contribution is 0.335. The van der Waals surface area contributed by atoms with Crippen LogP contribution in [0.1, 0.15) is 26.7 Å². The summed E-state index contributed by atoms with van der Waals surface area (Å²) >= 11 is 5.91. The second-order valence-electron chi connectivity index (χ2n) is 5.20. The number of nitrogens with two attached hydrogens (primary N) is 1. The molecule has 1 heterocycles. The van der Waals surface area contributed by atoms with Gasteiger partial charge in [-0.05, 0) is 51.0 Å². The van der Waals surface area contributed by atoms with Crippen LogP contribution in [0.4, 0.5) is 5.69 Å². The number of anilines is 1. The van der Waals surface area contributed by atoms with E-state index in [1.807, 2.05) is 12.1 Å². The quantitative estimate of drug-likeness (QED) is 0.815. The molecule has 0 aromatic heterocycles. The Hall–Kier alpha value is -0.730. The maximum Gasteiger partial charge on any atom is 0.0407 e. The van der Waals surface area contributed by atoms with Crippen LogP contribution in [-0.4, -0.2) is 18.1 Å². The minimum absolute atomic E-state index is 0.184. The summed E-state index contributed by atoms with van der Waals surface area (Å²) in [5.74, 6) is 0. The van der Waals surface area contributed by atoms with Crippen molar-refractivity contribution in [2.45, 2.75) is 38.3 Å². The molecule has 2 nitrogen and oxygen atoms in total. The number of rotatable bonds is 1. The van der Waals surface area contributed by atoms with Crippen LogP contribution in [0.2, 0.25) is 5.02 Å². The summed E-state index contributed by atoms with van der Waals surface area (Å²) in [5, 5.41) is 0.780. The Morgan fingerprint density at radius 1 is 1.31 bits per heavy atom. The van der Waals surface area contributed by atoms with Gasteiger partial charge in [0.1, 0.15) is 0 Å². The van der Waals surface area contributed by atoms with Gasteiger partial charge in [-0.15, -0.1) is 0 Å². The first-order valence-corrected chi connectivity index (χ1v) is 6.16. The van der Waals surface area contributed by atoms with E-state index in [0.29, 0.717) is 0 Å². The third kappa shape index (κ3) is 2.33. The number of hydrogen-bond donors (Lipinski definition) is 1. The highest BCUT2D eigenvalue weighted by molar-refractivity contribution is 6.30. The summed E-state index contributed by atoms with van der Waals surface area (Å²) in [4.78, 5) is 2.39. The van der Waals surface area contributed by atoms with Gasteiger partial charge in [-0.2, -0.15) is 0 Å². The van der Waals surface area contributed by atoms with Crippen LogP contribution in [-0.2, 0) is 0 Å². The largest absolute Gasteiger partial charge is 0.365 e. The summed E-state index contributed by atoms with van der Waals surface area (Å²) in [6.07, 6.45) is 2.24. The van der Waals surface area contributed by atoms with E-state index in [2.05, 4.69) is 30.9 Å². The van der Waals surface area contributed by atoms with Crippen molar-refractivity contribution in [2.75, 3.05) is 11.4 Å². The first-order valence-electron chi connectivity index (χ1n) is 5.78. The standard InChI is InChI=1S/C13H19ClN2/c1-13(2)8-7-11(15)9-16(13)12-5-3-10(14)4-6-12/h3-6,11H,7-9,15H2,1-2H3. The predicted molar refractivity (Wildman–Crippen MR) is 70.1 cm³/mol. The minimum atomic E-state index is 0.184. The molecule has 0 aliphatic carbocycles. The van der Waals surface area contributed by atoms with E-state index in [9.17, 15) is 0 Å². The number of nitrogens with zero attached hydrogens (tertiary/aromatic N) is 1. The molecular weight excluding hydrogens is 220 g/mol. The summed E-state index contributed by atoms with van der Waals surface area (Å²) in [6.45, 7) is 5.47. The Morgan fingerprint density at radius 3 is 2.56 bits per heavy atom. The minimum Gasteiger partial charge on any atom is -0.365 e. The van der Waals surface area contributed by atoms with Gasteiger partial charge < -0.3 is 10.6 Å². The van der Waals surface area contributed by atoms with Crippen LogP contribution in [0, 0.1) is 0 Å². The Kier molecular flexibility index (Phi) is 3.13. The van der Waals surface area contributed by atoms with Gasteiger partial charge in [0.25, 0.3) is 0 Å². The molecule has 1 aromatic rings. The number of hydrogen-bond acceptors (Lipinski definition) is 2. The van der Waals surface area contributed by atoms with Gasteiger partial charge in [0.15, 0.2) is 0 Å². The fourth-order valence-electron chi connectivity index (χ4n) is 2.32. The zero-order valence-electron chi connectivity index (χ0n) is 9.91. The van der Waals surface area contributed by atoms with E-state index in [-0.39, 0.29) is 11.6 Å². The molecule has 2 rings (SSSR count). The van der Waals surface area contributed by atoms with E-state index in [0.717, 1.165) is 24.4 Å². The Morgan fingerprint density at radius 2 is 1.94 bits per heavy atom. The maximum atomic E-state index is 6.05. The Labute approximate surface area is 102 Å². The van der Waals surface area contributed by atoms with Crippen molar-refractivity contribution in [1.82, 2.24) is 0 Å². The van der Waals surface area contributed by atoms with Gasteiger partial charge in [-0.25, -0.2) is 0 Å². The maximum absolute atomic E-state index is 6.05. The van der Waals surface area contributed by atoms with E-state index in [1.165, 1.54) is 5.69 Å². The first kappa shape index (κ1) is 11.7. The highest BCUT2D eigenvalue weighted by Gasteiger charge is 2.32. The molecule has 16 heavy (non-hydrogen) atoms. The smallest absolute Gasteiger partial charge is 0.0407 e. The third-order valence-corrected chi connectivity index (χ3v) is 3.66. The first-order chi connectivity index (χ1) is 7.49. The third-order valence-electron chi connectivity index (χ3n) is 3.41. The van der Waals surface area contributed by atoms with E-state index in [1.54, 1.807) is 0 Å². The fourth-order valence-corrected chi connectivity index (χ4v) is 2.45. The zero-order valence-corrected chi connectivity index (χ0v) is 10.7. The van der Waals surface area contributed by atoms with E-state index < -0.39 is 0 Å². The monoisotopic (exact) mass is 238 g/mol. The average molecular weight is 239 g/mol. The van der Waals surface area contributed by atoms with Crippen LogP contribution < -0.4 is 10.6 Å². The average Bonchev–Trinajstić information content (AvgIpc) is 2.23. The molecule has 0 saturated carbocycles. The van der Waals surface area contributed by atoms with Crippen molar-refractivity contribution in [1.29, 1.82) is 0 Å². The lowest BCUT2D eigenvalue weighted by Gasteiger charge is -2.46. The molecule has 3 heteroatoms. The van der Waals surface area contributed by atoms with Crippen LogP contribution >= 0.6 is 11.6 Å². The van der Waals surface area contributed by atoms with Crippen molar-refractivity contribution in [3.05, 3.63) is 29.3 Å². The second-order valence-corrected chi connectivity index (χ2v) is 5.63. The van der Waals surface area contributed by atoms with Crippen LogP contribution in [0.15, 0.2) is 24.3 Å². The summed E-state index contributed by atoms with van der Waals surface area (Å²) < 4.78 is 0. The summed E-state index contributed by atoms with van der Waals surface area (Å²) in [7, 11) is 0. The molecule has 0 spiro atoms. The molecule has 1 unspecified atom stereocenters.